The normalized spacial score (nSPS) is 24.2. The zero-order chi connectivity index (χ0) is 8.27. The van der Waals surface area contributed by atoms with Crippen LogP contribution in [0, 0.1) is 5.92 Å². The Bertz CT molecular complexity index is 144. The van der Waals surface area contributed by atoms with Crippen LogP contribution in [0.1, 0.15) is 33.1 Å². The Labute approximate surface area is 68.6 Å². The van der Waals surface area contributed by atoms with Gasteiger partial charge in [-0.15, -0.1) is 0 Å². The summed E-state index contributed by atoms with van der Waals surface area (Å²) >= 11 is 0. The summed E-state index contributed by atoms with van der Waals surface area (Å²) in [5, 5.41) is 0. The van der Waals surface area contributed by atoms with Crippen LogP contribution in [0.3, 0.4) is 0 Å². The molecule has 2 nitrogen and oxygen atoms in total. The molecule has 0 aromatic heterocycles. The van der Waals surface area contributed by atoms with Gasteiger partial charge < -0.3 is 4.90 Å². The molecule has 1 rings (SSSR count). The summed E-state index contributed by atoms with van der Waals surface area (Å²) in [7, 11) is 0. The minimum absolute atomic E-state index is 0.344. The second kappa shape index (κ2) is 3.74. The van der Waals surface area contributed by atoms with Crippen LogP contribution < -0.4 is 0 Å². The van der Waals surface area contributed by atoms with Crippen molar-refractivity contribution in [3.8, 4) is 0 Å². The quantitative estimate of drug-likeness (QED) is 0.594. The van der Waals surface area contributed by atoms with Crippen molar-refractivity contribution in [2.24, 2.45) is 5.92 Å². The molecule has 2 heteroatoms. The fourth-order valence-corrected chi connectivity index (χ4v) is 1.53. The second-order valence-electron chi connectivity index (χ2n) is 3.48. The van der Waals surface area contributed by atoms with Gasteiger partial charge in [-0.3, -0.25) is 4.79 Å². The summed E-state index contributed by atoms with van der Waals surface area (Å²) in [5.41, 5.74) is 0. The van der Waals surface area contributed by atoms with Gasteiger partial charge in [-0.05, 0) is 18.8 Å². The number of rotatable bonds is 2. The van der Waals surface area contributed by atoms with Gasteiger partial charge in [-0.2, -0.15) is 0 Å². The minimum Gasteiger partial charge on any atom is -0.342 e. The van der Waals surface area contributed by atoms with Gasteiger partial charge in [0.2, 0.25) is 5.91 Å². The van der Waals surface area contributed by atoms with Crippen LogP contribution >= 0.6 is 0 Å². The maximum atomic E-state index is 11.3. The maximum absolute atomic E-state index is 11.3. The minimum atomic E-state index is 0.344. The largest absolute Gasteiger partial charge is 0.342 e. The fourth-order valence-electron chi connectivity index (χ4n) is 1.53. The highest BCUT2D eigenvalue weighted by Crippen LogP contribution is 2.15. The Morgan fingerprint density at radius 1 is 1.64 bits per heavy atom. The maximum Gasteiger partial charge on any atom is 0.222 e. The van der Waals surface area contributed by atoms with Gasteiger partial charge in [-0.25, -0.2) is 0 Å². The smallest absolute Gasteiger partial charge is 0.222 e. The lowest BCUT2D eigenvalue weighted by Crippen LogP contribution is -2.27. The summed E-state index contributed by atoms with van der Waals surface area (Å²) in [6, 6.07) is 0. The highest BCUT2D eigenvalue weighted by Gasteiger charge is 2.21. The molecule has 1 amide bonds. The van der Waals surface area contributed by atoms with Crippen LogP contribution in [-0.2, 0) is 4.79 Å². The molecule has 0 radical (unpaired) electrons. The molecular formula is C9H17NO. The highest BCUT2D eigenvalue weighted by molar-refractivity contribution is 5.76. The Morgan fingerprint density at radius 2 is 2.36 bits per heavy atom. The average molecular weight is 155 g/mol. The van der Waals surface area contributed by atoms with E-state index in [9.17, 15) is 4.79 Å². The molecule has 0 N–H and O–H groups in total. The lowest BCUT2D eigenvalue weighted by atomic mass is 10.2. The Kier molecular flexibility index (Phi) is 2.92. The van der Waals surface area contributed by atoms with E-state index in [0.717, 1.165) is 31.8 Å². The number of carbonyl (C=O) groups excluding carboxylic acids is 1. The molecule has 0 aromatic rings. The number of hydrogen-bond donors (Lipinski definition) is 0. The van der Waals surface area contributed by atoms with Gasteiger partial charge in [0.05, 0.1) is 0 Å². The van der Waals surface area contributed by atoms with E-state index >= 15 is 0 Å². The van der Waals surface area contributed by atoms with E-state index in [1.165, 1.54) is 6.42 Å². The van der Waals surface area contributed by atoms with Crippen LogP contribution in [-0.4, -0.2) is 23.9 Å². The first-order chi connectivity index (χ1) is 5.24. The van der Waals surface area contributed by atoms with E-state index in [-0.39, 0.29) is 0 Å². The Morgan fingerprint density at radius 3 is 2.82 bits per heavy atom. The van der Waals surface area contributed by atoms with Crippen molar-refractivity contribution >= 4 is 5.91 Å². The van der Waals surface area contributed by atoms with E-state index < -0.39 is 0 Å². The average Bonchev–Trinajstić information content (AvgIpc) is 2.36. The first-order valence-corrected chi connectivity index (χ1v) is 4.51. The molecule has 1 saturated heterocycles. The molecular weight excluding hydrogens is 138 g/mol. The molecule has 0 unspecified atom stereocenters. The molecule has 1 aliphatic heterocycles. The molecule has 0 spiro atoms. The van der Waals surface area contributed by atoms with Crippen LogP contribution in [0.15, 0.2) is 0 Å². The van der Waals surface area contributed by atoms with Crippen molar-refractivity contribution in [3.05, 3.63) is 0 Å². The van der Waals surface area contributed by atoms with Crippen LogP contribution in [0.2, 0.25) is 0 Å². The van der Waals surface area contributed by atoms with Crippen molar-refractivity contribution in [1.82, 2.24) is 4.90 Å². The molecule has 1 heterocycles. The third-order valence-corrected chi connectivity index (χ3v) is 2.24. The van der Waals surface area contributed by atoms with Crippen molar-refractivity contribution in [3.63, 3.8) is 0 Å². The summed E-state index contributed by atoms with van der Waals surface area (Å²) in [4.78, 5) is 13.3. The zero-order valence-corrected chi connectivity index (χ0v) is 7.47. The molecule has 64 valence electrons. The standard InChI is InChI=1S/C9H17NO/c1-3-4-9(11)10-6-5-8(2)7-10/h8H,3-7H2,1-2H3/t8-/m1/s1. The lowest BCUT2D eigenvalue weighted by Gasteiger charge is -2.14. The Balaban J connectivity index is 2.31. The molecule has 1 atom stereocenters. The first kappa shape index (κ1) is 8.57. The molecule has 0 aromatic carbocycles. The van der Waals surface area contributed by atoms with Crippen molar-refractivity contribution in [1.29, 1.82) is 0 Å². The SMILES string of the molecule is CCCC(=O)N1CC[C@@H](C)C1. The van der Waals surface area contributed by atoms with Gasteiger partial charge in [-0.1, -0.05) is 13.8 Å². The van der Waals surface area contributed by atoms with E-state index in [2.05, 4.69) is 13.8 Å². The summed E-state index contributed by atoms with van der Waals surface area (Å²) in [6.07, 6.45) is 2.89. The van der Waals surface area contributed by atoms with Crippen LogP contribution in [0.5, 0.6) is 0 Å². The lowest BCUT2D eigenvalue weighted by molar-refractivity contribution is -0.130. The molecule has 11 heavy (non-hydrogen) atoms. The van der Waals surface area contributed by atoms with Gasteiger partial charge >= 0.3 is 0 Å². The van der Waals surface area contributed by atoms with Gasteiger partial charge in [0.25, 0.3) is 0 Å². The van der Waals surface area contributed by atoms with Gasteiger partial charge in [0.1, 0.15) is 0 Å². The van der Waals surface area contributed by atoms with E-state index in [1.807, 2.05) is 4.90 Å². The predicted octanol–water partition coefficient (Wildman–Crippen LogP) is 1.65. The van der Waals surface area contributed by atoms with Crippen molar-refractivity contribution < 1.29 is 4.79 Å². The summed E-state index contributed by atoms with van der Waals surface area (Å²) in [5.74, 6) is 1.06. The number of likely N-dealkylation sites (tertiary alicyclic amines) is 1. The molecule has 0 aliphatic carbocycles. The number of carbonyl (C=O) groups is 1. The number of amides is 1. The van der Waals surface area contributed by atoms with E-state index in [1.54, 1.807) is 0 Å². The topological polar surface area (TPSA) is 20.3 Å². The summed E-state index contributed by atoms with van der Waals surface area (Å²) in [6.45, 7) is 6.23. The third kappa shape index (κ3) is 2.21. The molecule has 1 fully saturated rings. The highest BCUT2D eigenvalue weighted by atomic mass is 16.2. The molecule has 0 saturated carbocycles. The van der Waals surface area contributed by atoms with E-state index in [4.69, 9.17) is 0 Å². The molecule has 1 aliphatic rings. The second-order valence-corrected chi connectivity index (χ2v) is 3.48. The van der Waals surface area contributed by atoms with Gasteiger partial charge in [0.15, 0.2) is 0 Å². The number of nitrogens with zero attached hydrogens (tertiary/aromatic N) is 1. The van der Waals surface area contributed by atoms with Crippen molar-refractivity contribution in [2.75, 3.05) is 13.1 Å². The predicted molar refractivity (Wildman–Crippen MR) is 45.3 cm³/mol. The monoisotopic (exact) mass is 155 g/mol. The number of hydrogen-bond acceptors (Lipinski definition) is 1. The zero-order valence-electron chi connectivity index (χ0n) is 7.47. The van der Waals surface area contributed by atoms with Crippen molar-refractivity contribution in [2.45, 2.75) is 33.1 Å². The fraction of sp³-hybridized carbons (Fsp3) is 0.889. The van der Waals surface area contributed by atoms with Gasteiger partial charge in [0, 0.05) is 19.5 Å². The third-order valence-electron chi connectivity index (χ3n) is 2.24. The van der Waals surface area contributed by atoms with Crippen LogP contribution in [0.25, 0.3) is 0 Å². The first-order valence-electron chi connectivity index (χ1n) is 4.51. The Hall–Kier alpha value is -0.530. The van der Waals surface area contributed by atoms with E-state index in [0.29, 0.717) is 5.91 Å². The van der Waals surface area contributed by atoms with Crippen LogP contribution in [0.4, 0.5) is 0 Å². The summed E-state index contributed by atoms with van der Waals surface area (Å²) < 4.78 is 0. The molecule has 0 bridgehead atoms.